The zero-order chi connectivity index (χ0) is 10.1. The molecule has 2 atom stereocenters. The second-order valence-electron chi connectivity index (χ2n) is 3.27. The maximum Gasteiger partial charge on any atom is 0.0780 e. The van der Waals surface area contributed by atoms with Gasteiger partial charge in [0.2, 0.25) is 0 Å². The number of hydrogen-bond donors (Lipinski definition) is 0. The van der Waals surface area contributed by atoms with Gasteiger partial charge in [-0.05, 0) is 20.3 Å². The third kappa shape index (κ3) is 8.22. The van der Waals surface area contributed by atoms with Crippen molar-refractivity contribution in [1.29, 1.82) is 0 Å². The Balaban J connectivity index is 3.21. The molecule has 0 aliphatic rings. The van der Waals surface area contributed by atoms with E-state index in [4.69, 9.17) is 14.2 Å². The maximum atomic E-state index is 5.44. The summed E-state index contributed by atoms with van der Waals surface area (Å²) in [4.78, 5) is 0. The number of rotatable bonds is 8. The van der Waals surface area contributed by atoms with Crippen molar-refractivity contribution in [1.82, 2.24) is 0 Å². The number of ether oxygens (including phenoxy) is 3. The van der Waals surface area contributed by atoms with E-state index in [1.54, 1.807) is 7.11 Å². The molecule has 0 bridgehead atoms. The van der Waals surface area contributed by atoms with E-state index in [2.05, 4.69) is 6.92 Å². The van der Waals surface area contributed by atoms with Gasteiger partial charge in [-0.2, -0.15) is 0 Å². The summed E-state index contributed by atoms with van der Waals surface area (Å²) in [6.07, 6.45) is 1.40. The summed E-state index contributed by atoms with van der Waals surface area (Å²) in [7, 11) is 1.69. The van der Waals surface area contributed by atoms with E-state index >= 15 is 0 Å². The highest BCUT2D eigenvalue weighted by Crippen LogP contribution is 1.95. The lowest BCUT2D eigenvalue weighted by molar-refractivity contribution is -0.0367. The van der Waals surface area contributed by atoms with Crippen LogP contribution in [0.15, 0.2) is 0 Å². The fourth-order valence-corrected chi connectivity index (χ4v) is 0.835. The van der Waals surface area contributed by atoms with Gasteiger partial charge in [0, 0.05) is 13.7 Å². The monoisotopic (exact) mass is 190 g/mol. The Morgan fingerprint density at radius 2 is 1.69 bits per heavy atom. The van der Waals surface area contributed by atoms with Gasteiger partial charge in [0.15, 0.2) is 0 Å². The summed E-state index contributed by atoms with van der Waals surface area (Å²) in [5, 5.41) is 0. The van der Waals surface area contributed by atoms with E-state index in [9.17, 15) is 0 Å². The summed E-state index contributed by atoms with van der Waals surface area (Å²) in [6.45, 7) is 8.19. The highest BCUT2D eigenvalue weighted by Gasteiger charge is 2.03. The molecule has 0 fully saturated rings. The third-order valence-electron chi connectivity index (χ3n) is 1.71. The molecule has 0 heterocycles. The highest BCUT2D eigenvalue weighted by atomic mass is 16.5. The average molecular weight is 190 g/mol. The molecule has 80 valence electrons. The van der Waals surface area contributed by atoms with Gasteiger partial charge in [0.25, 0.3) is 0 Å². The van der Waals surface area contributed by atoms with Crippen molar-refractivity contribution in [2.45, 2.75) is 39.4 Å². The van der Waals surface area contributed by atoms with Crippen LogP contribution in [0.25, 0.3) is 0 Å². The quantitative estimate of drug-likeness (QED) is 0.584. The minimum atomic E-state index is 0.165. The maximum absolute atomic E-state index is 5.44. The lowest BCUT2D eigenvalue weighted by atomic mass is 10.4. The molecule has 0 aliphatic carbocycles. The Labute approximate surface area is 81.4 Å². The van der Waals surface area contributed by atoms with Gasteiger partial charge in [-0.3, -0.25) is 0 Å². The molecule has 0 aliphatic heterocycles. The third-order valence-corrected chi connectivity index (χ3v) is 1.71. The SMILES string of the molecule is CCCOC(C)COCC(C)OC. The van der Waals surface area contributed by atoms with E-state index in [0.29, 0.717) is 13.2 Å². The van der Waals surface area contributed by atoms with Gasteiger partial charge in [-0.1, -0.05) is 6.92 Å². The van der Waals surface area contributed by atoms with Gasteiger partial charge in [-0.25, -0.2) is 0 Å². The van der Waals surface area contributed by atoms with Crippen LogP contribution < -0.4 is 0 Å². The summed E-state index contributed by atoms with van der Waals surface area (Å²) in [5.41, 5.74) is 0. The summed E-state index contributed by atoms with van der Waals surface area (Å²) in [6, 6.07) is 0. The average Bonchev–Trinajstić information content (AvgIpc) is 2.14. The molecular formula is C10H22O3. The summed E-state index contributed by atoms with van der Waals surface area (Å²) < 4.78 is 15.9. The first-order valence-corrected chi connectivity index (χ1v) is 4.92. The van der Waals surface area contributed by atoms with Gasteiger partial charge in [0.05, 0.1) is 25.4 Å². The Hall–Kier alpha value is -0.120. The van der Waals surface area contributed by atoms with Crippen molar-refractivity contribution in [2.75, 3.05) is 26.9 Å². The normalized spacial score (nSPS) is 15.7. The van der Waals surface area contributed by atoms with Gasteiger partial charge in [0.1, 0.15) is 0 Å². The predicted molar refractivity (Wildman–Crippen MR) is 53.0 cm³/mol. The van der Waals surface area contributed by atoms with Crippen molar-refractivity contribution >= 4 is 0 Å². The van der Waals surface area contributed by atoms with Crippen molar-refractivity contribution in [3.63, 3.8) is 0 Å². The molecule has 0 N–H and O–H groups in total. The second-order valence-corrected chi connectivity index (χ2v) is 3.27. The molecule has 0 amide bonds. The van der Waals surface area contributed by atoms with E-state index in [1.165, 1.54) is 0 Å². The molecule has 13 heavy (non-hydrogen) atoms. The van der Waals surface area contributed by atoms with Gasteiger partial charge >= 0.3 is 0 Å². The second kappa shape index (κ2) is 8.48. The molecule has 0 spiro atoms. The molecule has 0 aromatic rings. The van der Waals surface area contributed by atoms with Crippen LogP contribution in [-0.2, 0) is 14.2 Å². The standard InChI is InChI=1S/C10H22O3/c1-5-6-13-10(3)8-12-7-9(2)11-4/h9-10H,5-8H2,1-4H3. The van der Waals surface area contributed by atoms with Crippen molar-refractivity contribution < 1.29 is 14.2 Å². The van der Waals surface area contributed by atoms with Crippen molar-refractivity contribution in [3.05, 3.63) is 0 Å². The zero-order valence-electron chi connectivity index (χ0n) is 9.21. The lowest BCUT2D eigenvalue weighted by Gasteiger charge is -2.14. The van der Waals surface area contributed by atoms with E-state index in [1.807, 2.05) is 13.8 Å². The minimum absolute atomic E-state index is 0.165. The van der Waals surface area contributed by atoms with Gasteiger partial charge < -0.3 is 14.2 Å². The molecule has 0 rings (SSSR count). The fraction of sp³-hybridized carbons (Fsp3) is 1.00. The number of methoxy groups -OCH3 is 1. The first-order chi connectivity index (χ1) is 6.20. The molecular weight excluding hydrogens is 168 g/mol. The Bertz CT molecular complexity index is 106. The van der Waals surface area contributed by atoms with Crippen LogP contribution in [0.5, 0.6) is 0 Å². The van der Waals surface area contributed by atoms with E-state index < -0.39 is 0 Å². The molecule has 3 nitrogen and oxygen atoms in total. The first-order valence-electron chi connectivity index (χ1n) is 4.92. The molecule has 0 radical (unpaired) electrons. The van der Waals surface area contributed by atoms with Crippen LogP contribution in [0.1, 0.15) is 27.2 Å². The molecule has 0 saturated heterocycles. The van der Waals surface area contributed by atoms with Crippen LogP contribution in [0.4, 0.5) is 0 Å². The molecule has 3 heteroatoms. The van der Waals surface area contributed by atoms with E-state index in [-0.39, 0.29) is 12.2 Å². The Kier molecular flexibility index (Phi) is 8.40. The summed E-state index contributed by atoms with van der Waals surface area (Å²) in [5.74, 6) is 0. The van der Waals surface area contributed by atoms with Crippen LogP contribution in [0.3, 0.4) is 0 Å². The molecule has 0 aromatic carbocycles. The Morgan fingerprint density at radius 3 is 2.23 bits per heavy atom. The van der Waals surface area contributed by atoms with E-state index in [0.717, 1.165) is 13.0 Å². The molecule has 0 saturated carbocycles. The summed E-state index contributed by atoms with van der Waals surface area (Å²) >= 11 is 0. The van der Waals surface area contributed by atoms with Gasteiger partial charge in [-0.15, -0.1) is 0 Å². The van der Waals surface area contributed by atoms with Crippen LogP contribution in [0.2, 0.25) is 0 Å². The fourth-order valence-electron chi connectivity index (χ4n) is 0.835. The molecule has 0 aromatic heterocycles. The van der Waals surface area contributed by atoms with Crippen molar-refractivity contribution in [2.24, 2.45) is 0 Å². The highest BCUT2D eigenvalue weighted by molar-refractivity contribution is 4.50. The number of hydrogen-bond acceptors (Lipinski definition) is 3. The van der Waals surface area contributed by atoms with Crippen molar-refractivity contribution in [3.8, 4) is 0 Å². The topological polar surface area (TPSA) is 27.7 Å². The Morgan fingerprint density at radius 1 is 1.08 bits per heavy atom. The molecule has 2 unspecified atom stereocenters. The zero-order valence-corrected chi connectivity index (χ0v) is 9.21. The minimum Gasteiger partial charge on any atom is -0.379 e. The largest absolute Gasteiger partial charge is 0.379 e. The first kappa shape index (κ1) is 12.9. The smallest absolute Gasteiger partial charge is 0.0780 e. The van der Waals surface area contributed by atoms with Crippen LogP contribution >= 0.6 is 0 Å². The lowest BCUT2D eigenvalue weighted by Crippen LogP contribution is -2.21. The predicted octanol–water partition coefficient (Wildman–Crippen LogP) is 1.85. The van der Waals surface area contributed by atoms with Crippen LogP contribution in [0, 0.1) is 0 Å². The van der Waals surface area contributed by atoms with Crippen LogP contribution in [-0.4, -0.2) is 39.1 Å².